The SMILES string of the molecule is CNCC1(CN(C)CCSC)CCCOC1. The minimum absolute atomic E-state index is 0.333. The van der Waals surface area contributed by atoms with Crippen LogP contribution in [0.3, 0.4) is 0 Å². The third-order valence-electron chi connectivity index (χ3n) is 3.24. The lowest BCUT2D eigenvalue weighted by molar-refractivity contribution is -0.0210. The summed E-state index contributed by atoms with van der Waals surface area (Å²) in [4.78, 5) is 2.45. The van der Waals surface area contributed by atoms with Crippen molar-refractivity contribution in [2.45, 2.75) is 12.8 Å². The van der Waals surface area contributed by atoms with Gasteiger partial charge >= 0.3 is 0 Å². The van der Waals surface area contributed by atoms with Crippen molar-refractivity contribution in [1.82, 2.24) is 10.2 Å². The van der Waals surface area contributed by atoms with Gasteiger partial charge in [-0.25, -0.2) is 0 Å². The summed E-state index contributed by atoms with van der Waals surface area (Å²) in [6.07, 6.45) is 4.66. The first-order valence-corrected chi connectivity index (χ1v) is 7.52. The summed E-state index contributed by atoms with van der Waals surface area (Å²) in [5.41, 5.74) is 0.333. The minimum Gasteiger partial charge on any atom is -0.381 e. The number of thioether (sulfide) groups is 1. The zero-order chi connectivity index (χ0) is 11.9. The second-order valence-corrected chi connectivity index (χ2v) is 5.90. The molecule has 16 heavy (non-hydrogen) atoms. The van der Waals surface area contributed by atoms with Crippen molar-refractivity contribution in [2.24, 2.45) is 5.41 Å². The Kier molecular flexibility index (Phi) is 6.73. The predicted molar refractivity (Wildman–Crippen MR) is 72.3 cm³/mol. The molecule has 1 atom stereocenters. The van der Waals surface area contributed by atoms with Crippen LogP contribution in [0, 0.1) is 5.41 Å². The van der Waals surface area contributed by atoms with Gasteiger partial charge in [-0.3, -0.25) is 0 Å². The molecule has 0 amide bonds. The summed E-state index contributed by atoms with van der Waals surface area (Å²) in [6, 6.07) is 0. The van der Waals surface area contributed by atoms with Crippen LogP contribution in [-0.4, -0.2) is 63.9 Å². The summed E-state index contributed by atoms with van der Waals surface area (Å²) in [5.74, 6) is 1.22. The van der Waals surface area contributed by atoms with Crippen LogP contribution in [0.5, 0.6) is 0 Å². The number of hydrogen-bond donors (Lipinski definition) is 1. The molecular formula is C12H26N2OS. The van der Waals surface area contributed by atoms with Gasteiger partial charge in [-0.1, -0.05) is 0 Å². The van der Waals surface area contributed by atoms with E-state index in [0.717, 1.165) is 26.3 Å². The van der Waals surface area contributed by atoms with Crippen molar-refractivity contribution in [3.63, 3.8) is 0 Å². The van der Waals surface area contributed by atoms with Crippen LogP contribution >= 0.6 is 11.8 Å². The molecular weight excluding hydrogens is 220 g/mol. The molecule has 0 bridgehead atoms. The maximum atomic E-state index is 5.67. The van der Waals surface area contributed by atoms with Crippen LogP contribution in [0.4, 0.5) is 0 Å². The van der Waals surface area contributed by atoms with Gasteiger partial charge in [0.05, 0.1) is 6.61 Å². The van der Waals surface area contributed by atoms with Crippen LogP contribution in [-0.2, 0) is 4.74 Å². The lowest BCUT2D eigenvalue weighted by atomic mass is 9.82. The summed E-state index contributed by atoms with van der Waals surface area (Å²) in [7, 11) is 4.26. The number of nitrogens with one attached hydrogen (secondary N) is 1. The van der Waals surface area contributed by atoms with E-state index in [-0.39, 0.29) is 0 Å². The highest BCUT2D eigenvalue weighted by molar-refractivity contribution is 7.98. The van der Waals surface area contributed by atoms with Gasteiger partial charge in [0.25, 0.3) is 0 Å². The van der Waals surface area contributed by atoms with E-state index in [1.807, 2.05) is 18.8 Å². The van der Waals surface area contributed by atoms with Crippen LogP contribution < -0.4 is 5.32 Å². The second-order valence-electron chi connectivity index (χ2n) is 4.92. The van der Waals surface area contributed by atoms with E-state index >= 15 is 0 Å². The Morgan fingerprint density at radius 2 is 2.31 bits per heavy atom. The summed E-state index contributed by atoms with van der Waals surface area (Å²) < 4.78 is 5.67. The molecule has 4 heteroatoms. The Bertz CT molecular complexity index is 178. The average Bonchev–Trinajstić information content (AvgIpc) is 2.28. The molecule has 0 aromatic carbocycles. The Morgan fingerprint density at radius 3 is 2.88 bits per heavy atom. The summed E-state index contributed by atoms with van der Waals surface area (Å²) >= 11 is 1.92. The van der Waals surface area contributed by atoms with Gasteiger partial charge in [0, 0.05) is 37.4 Å². The highest BCUT2D eigenvalue weighted by Gasteiger charge is 2.33. The average molecular weight is 246 g/mol. The lowest BCUT2D eigenvalue weighted by Gasteiger charge is -2.39. The molecule has 1 fully saturated rings. The molecule has 0 aromatic rings. The molecule has 1 aliphatic rings. The van der Waals surface area contributed by atoms with Crippen LogP contribution in [0.25, 0.3) is 0 Å². The van der Waals surface area contributed by atoms with Crippen molar-refractivity contribution in [1.29, 1.82) is 0 Å². The fourth-order valence-corrected chi connectivity index (χ4v) is 3.00. The van der Waals surface area contributed by atoms with E-state index in [2.05, 4.69) is 23.5 Å². The van der Waals surface area contributed by atoms with Gasteiger partial charge in [-0.05, 0) is 33.2 Å². The minimum atomic E-state index is 0.333. The second kappa shape index (κ2) is 7.54. The largest absolute Gasteiger partial charge is 0.381 e. The molecule has 0 aliphatic carbocycles. The molecule has 1 rings (SSSR count). The third kappa shape index (κ3) is 4.62. The normalized spacial score (nSPS) is 26.2. The Labute approximate surface area is 104 Å². The number of ether oxygens (including phenoxy) is 1. The smallest absolute Gasteiger partial charge is 0.0546 e. The topological polar surface area (TPSA) is 24.5 Å². The van der Waals surface area contributed by atoms with E-state index in [1.54, 1.807) is 0 Å². The first-order valence-electron chi connectivity index (χ1n) is 6.12. The van der Waals surface area contributed by atoms with E-state index in [0.29, 0.717) is 5.41 Å². The molecule has 0 aromatic heterocycles. The van der Waals surface area contributed by atoms with Crippen molar-refractivity contribution in [2.75, 3.05) is 59.0 Å². The third-order valence-corrected chi connectivity index (χ3v) is 3.83. The fraction of sp³-hybridized carbons (Fsp3) is 1.00. The Balaban J connectivity index is 2.42. The molecule has 1 saturated heterocycles. The molecule has 0 saturated carbocycles. The van der Waals surface area contributed by atoms with Gasteiger partial charge in [0.2, 0.25) is 0 Å². The monoisotopic (exact) mass is 246 g/mol. The first kappa shape index (κ1) is 14.3. The molecule has 3 nitrogen and oxygen atoms in total. The Morgan fingerprint density at radius 1 is 1.50 bits per heavy atom. The molecule has 1 N–H and O–H groups in total. The zero-order valence-corrected chi connectivity index (χ0v) is 11.7. The number of rotatable bonds is 7. The quantitative estimate of drug-likeness (QED) is 0.732. The highest BCUT2D eigenvalue weighted by Crippen LogP contribution is 2.28. The molecule has 96 valence electrons. The van der Waals surface area contributed by atoms with Gasteiger partial charge in [0.15, 0.2) is 0 Å². The highest BCUT2D eigenvalue weighted by atomic mass is 32.2. The molecule has 0 radical (unpaired) electrons. The zero-order valence-electron chi connectivity index (χ0n) is 10.9. The fourth-order valence-electron chi connectivity index (χ4n) is 2.50. The van der Waals surface area contributed by atoms with E-state index < -0.39 is 0 Å². The van der Waals surface area contributed by atoms with Crippen LogP contribution in [0.2, 0.25) is 0 Å². The van der Waals surface area contributed by atoms with Crippen molar-refractivity contribution in [3.05, 3.63) is 0 Å². The van der Waals surface area contributed by atoms with Crippen LogP contribution in [0.1, 0.15) is 12.8 Å². The van der Waals surface area contributed by atoms with E-state index in [9.17, 15) is 0 Å². The van der Waals surface area contributed by atoms with E-state index in [4.69, 9.17) is 4.74 Å². The van der Waals surface area contributed by atoms with Gasteiger partial charge in [-0.2, -0.15) is 11.8 Å². The standard InChI is InChI=1S/C12H26N2OS/c1-13-9-12(5-4-7-15-11-12)10-14(2)6-8-16-3/h13H,4-11H2,1-3H3. The lowest BCUT2D eigenvalue weighted by Crippen LogP contribution is -2.47. The maximum absolute atomic E-state index is 5.67. The summed E-state index contributed by atoms with van der Waals surface area (Å²) in [6.45, 7) is 5.25. The van der Waals surface area contributed by atoms with Crippen molar-refractivity contribution in [3.8, 4) is 0 Å². The van der Waals surface area contributed by atoms with Gasteiger partial charge < -0.3 is 15.0 Å². The van der Waals surface area contributed by atoms with Crippen molar-refractivity contribution < 1.29 is 4.74 Å². The maximum Gasteiger partial charge on any atom is 0.0546 e. The van der Waals surface area contributed by atoms with Gasteiger partial charge in [-0.15, -0.1) is 0 Å². The van der Waals surface area contributed by atoms with E-state index in [1.165, 1.54) is 25.1 Å². The predicted octanol–water partition coefficient (Wildman–Crippen LogP) is 1.30. The summed E-state index contributed by atoms with van der Waals surface area (Å²) in [5, 5.41) is 3.33. The molecule has 0 spiro atoms. The molecule has 1 unspecified atom stereocenters. The van der Waals surface area contributed by atoms with Crippen molar-refractivity contribution >= 4 is 11.8 Å². The van der Waals surface area contributed by atoms with Crippen LogP contribution in [0.15, 0.2) is 0 Å². The van der Waals surface area contributed by atoms with Gasteiger partial charge in [0.1, 0.15) is 0 Å². The first-order chi connectivity index (χ1) is 7.72. The molecule has 1 heterocycles. The Hall–Kier alpha value is 0.230. The number of nitrogens with zero attached hydrogens (tertiary/aromatic N) is 1. The molecule has 1 aliphatic heterocycles. The number of hydrogen-bond acceptors (Lipinski definition) is 4.